The van der Waals surface area contributed by atoms with Gasteiger partial charge in [0.2, 0.25) is 0 Å². The molecule has 0 radical (unpaired) electrons. The Kier molecular flexibility index (Phi) is 4.10. The van der Waals surface area contributed by atoms with Crippen molar-refractivity contribution in [3.63, 3.8) is 0 Å². The molecule has 0 saturated carbocycles. The van der Waals surface area contributed by atoms with Crippen molar-refractivity contribution in [3.8, 4) is 5.69 Å². The van der Waals surface area contributed by atoms with Gasteiger partial charge in [-0.15, -0.1) is 0 Å². The zero-order valence-corrected chi connectivity index (χ0v) is 11.2. The Morgan fingerprint density at radius 1 is 1.33 bits per heavy atom. The summed E-state index contributed by atoms with van der Waals surface area (Å²) in [7, 11) is 0. The minimum absolute atomic E-state index is 0.660. The molecule has 96 valence electrons. The normalized spacial score (nSPS) is 11.1. The first-order valence-electron chi connectivity index (χ1n) is 6.32. The van der Waals surface area contributed by atoms with Gasteiger partial charge in [-0.3, -0.25) is 4.98 Å². The Labute approximate surface area is 108 Å². The third-order valence-corrected chi connectivity index (χ3v) is 2.63. The summed E-state index contributed by atoms with van der Waals surface area (Å²) in [4.78, 5) is 4.18. The van der Waals surface area contributed by atoms with Crippen LogP contribution in [0.15, 0.2) is 30.7 Å². The number of aromatic nitrogens is 3. The second-order valence-electron chi connectivity index (χ2n) is 5.00. The van der Waals surface area contributed by atoms with Crippen LogP contribution in [0.2, 0.25) is 0 Å². The molecule has 0 aliphatic rings. The molecule has 18 heavy (non-hydrogen) atoms. The van der Waals surface area contributed by atoms with E-state index in [1.165, 1.54) is 0 Å². The molecule has 2 aromatic heterocycles. The van der Waals surface area contributed by atoms with E-state index in [1.54, 1.807) is 0 Å². The lowest BCUT2D eigenvalue weighted by Gasteiger charge is -2.05. The zero-order valence-electron chi connectivity index (χ0n) is 11.2. The van der Waals surface area contributed by atoms with Crippen molar-refractivity contribution in [1.82, 2.24) is 20.1 Å². The molecular formula is C14H20N4. The minimum atomic E-state index is 0.660. The maximum Gasteiger partial charge on any atom is 0.0831 e. The van der Waals surface area contributed by atoms with Crippen LogP contribution in [0.5, 0.6) is 0 Å². The number of nitrogens with zero attached hydrogens (tertiary/aromatic N) is 3. The van der Waals surface area contributed by atoms with Gasteiger partial charge in [-0.25, -0.2) is 4.68 Å². The van der Waals surface area contributed by atoms with Crippen LogP contribution in [-0.4, -0.2) is 21.3 Å². The van der Waals surface area contributed by atoms with E-state index in [1.807, 2.05) is 36.3 Å². The lowest BCUT2D eigenvalue weighted by molar-refractivity contribution is 0.546. The molecule has 1 N–H and O–H groups in total. The van der Waals surface area contributed by atoms with Gasteiger partial charge < -0.3 is 5.32 Å². The molecule has 4 nitrogen and oxygen atoms in total. The van der Waals surface area contributed by atoms with Gasteiger partial charge in [0.1, 0.15) is 0 Å². The summed E-state index contributed by atoms with van der Waals surface area (Å²) < 4.78 is 1.87. The van der Waals surface area contributed by atoms with Crippen LogP contribution in [0.3, 0.4) is 0 Å². The van der Waals surface area contributed by atoms with Crippen molar-refractivity contribution < 1.29 is 0 Å². The fourth-order valence-corrected chi connectivity index (χ4v) is 1.75. The van der Waals surface area contributed by atoms with E-state index in [-0.39, 0.29) is 0 Å². The molecule has 0 saturated heterocycles. The van der Waals surface area contributed by atoms with Crippen LogP contribution in [0.1, 0.15) is 25.1 Å². The second kappa shape index (κ2) is 5.78. The van der Waals surface area contributed by atoms with Crippen molar-refractivity contribution in [2.24, 2.45) is 5.92 Å². The fourth-order valence-electron chi connectivity index (χ4n) is 1.75. The Balaban J connectivity index is 2.02. The number of hydrogen-bond donors (Lipinski definition) is 1. The van der Waals surface area contributed by atoms with E-state index in [0.717, 1.165) is 30.0 Å². The predicted molar refractivity (Wildman–Crippen MR) is 72.6 cm³/mol. The highest BCUT2D eigenvalue weighted by Crippen LogP contribution is 2.08. The first kappa shape index (κ1) is 12.8. The molecule has 0 unspecified atom stereocenters. The van der Waals surface area contributed by atoms with Crippen molar-refractivity contribution in [3.05, 3.63) is 42.0 Å². The SMILES string of the molecule is Cc1cncc(-n2ccc(CNCC(C)C)n2)c1. The summed E-state index contributed by atoms with van der Waals surface area (Å²) in [6.07, 6.45) is 5.65. The van der Waals surface area contributed by atoms with Crippen molar-refractivity contribution in [2.75, 3.05) is 6.54 Å². The van der Waals surface area contributed by atoms with Crippen LogP contribution < -0.4 is 5.32 Å². The Hall–Kier alpha value is -1.68. The van der Waals surface area contributed by atoms with Crippen LogP contribution >= 0.6 is 0 Å². The predicted octanol–water partition coefficient (Wildman–Crippen LogP) is 2.32. The monoisotopic (exact) mass is 244 g/mol. The summed E-state index contributed by atoms with van der Waals surface area (Å²) in [6, 6.07) is 4.11. The summed E-state index contributed by atoms with van der Waals surface area (Å²) in [5, 5.41) is 7.92. The first-order valence-corrected chi connectivity index (χ1v) is 6.32. The van der Waals surface area contributed by atoms with Gasteiger partial charge in [0, 0.05) is 18.9 Å². The van der Waals surface area contributed by atoms with Gasteiger partial charge >= 0.3 is 0 Å². The molecule has 0 aliphatic carbocycles. The van der Waals surface area contributed by atoms with E-state index in [4.69, 9.17) is 0 Å². The largest absolute Gasteiger partial charge is 0.311 e. The van der Waals surface area contributed by atoms with Gasteiger partial charge in [-0.2, -0.15) is 5.10 Å². The van der Waals surface area contributed by atoms with Crippen molar-refractivity contribution in [1.29, 1.82) is 0 Å². The summed E-state index contributed by atoms with van der Waals surface area (Å²) in [6.45, 7) is 8.25. The van der Waals surface area contributed by atoms with Gasteiger partial charge in [-0.1, -0.05) is 13.8 Å². The lowest BCUT2D eigenvalue weighted by Crippen LogP contribution is -2.19. The quantitative estimate of drug-likeness (QED) is 0.877. The van der Waals surface area contributed by atoms with E-state index in [9.17, 15) is 0 Å². The Morgan fingerprint density at radius 2 is 2.17 bits per heavy atom. The third-order valence-electron chi connectivity index (χ3n) is 2.63. The molecule has 2 rings (SSSR count). The molecule has 0 amide bonds. The standard InChI is InChI=1S/C14H20N4/c1-11(2)7-15-9-13-4-5-18(17-13)14-6-12(3)8-16-10-14/h4-6,8,10-11,15H,7,9H2,1-3H3. The summed E-state index contributed by atoms with van der Waals surface area (Å²) in [5.74, 6) is 0.660. The number of pyridine rings is 1. The smallest absolute Gasteiger partial charge is 0.0831 e. The molecule has 4 heteroatoms. The Morgan fingerprint density at radius 3 is 2.89 bits per heavy atom. The number of rotatable bonds is 5. The number of nitrogens with one attached hydrogen (secondary N) is 1. The zero-order chi connectivity index (χ0) is 13.0. The van der Waals surface area contributed by atoms with Gasteiger partial charge in [0.05, 0.1) is 17.6 Å². The second-order valence-corrected chi connectivity index (χ2v) is 5.00. The maximum atomic E-state index is 4.53. The van der Waals surface area contributed by atoms with Crippen LogP contribution in [-0.2, 0) is 6.54 Å². The third kappa shape index (κ3) is 3.40. The van der Waals surface area contributed by atoms with Gasteiger partial charge in [0.25, 0.3) is 0 Å². The van der Waals surface area contributed by atoms with E-state index in [2.05, 4.69) is 35.3 Å². The average molecular weight is 244 g/mol. The van der Waals surface area contributed by atoms with Crippen LogP contribution in [0.25, 0.3) is 5.69 Å². The van der Waals surface area contributed by atoms with E-state index >= 15 is 0 Å². The van der Waals surface area contributed by atoms with Crippen LogP contribution in [0, 0.1) is 12.8 Å². The molecule has 0 fully saturated rings. The molecule has 2 aromatic rings. The number of hydrogen-bond acceptors (Lipinski definition) is 3. The van der Waals surface area contributed by atoms with Gasteiger partial charge in [-0.05, 0) is 37.1 Å². The summed E-state index contributed by atoms with van der Waals surface area (Å²) in [5.41, 5.74) is 3.20. The average Bonchev–Trinajstić information content (AvgIpc) is 2.77. The molecule has 0 spiro atoms. The van der Waals surface area contributed by atoms with E-state index in [0.29, 0.717) is 5.92 Å². The topological polar surface area (TPSA) is 42.7 Å². The van der Waals surface area contributed by atoms with Crippen molar-refractivity contribution >= 4 is 0 Å². The molecule has 0 aliphatic heterocycles. The van der Waals surface area contributed by atoms with Crippen LogP contribution in [0.4, 0.5) is 0 Å². The summed E-state index contributed by atoms with van der Waals surface area (Å²) >= 11 is 0. The first-order chi connectivity index (χ1) is 8.65. The maximum absolute atomic E-state index is 4.53. The highest BCUT2D eigenvalue weighted by atomic mass is 15.3. The molecule has 0 atom stereocenters. The highest BCUT2D eigenvalue weighted by Gasteiger charge is 2.02. The highest BCUT2D eigenvalue weighted by molar-refractivity contribution is 5.30. The number of aryl methyl sites for hydroxylation is 1. The van der Waals surface area contributed by atoms with E-state index < -0.39 is 0 Å². The molecular weight excluding hydrogens is 224 g/mol. The van der Waals surface area contributed by atoms with Crippen molar-refractivity contribution in [2.45, 2.75) is 27.3 Å². The lowest BCUT2D eigenvalue weighted by atomic mass is 10.2. The molecule has 2 heterocycles. The fraction of sp³-hybridized carbons (Fsp3) is 0.429. The Bertz CT molecular complexity index is 502. The van der Waals surface area contributed by atoms with Gasteiger partial charge in [0.15, 0.2) is 0 Å². The molecule has 0 bridgehead atoms. The molecule has 0 aromatic carbocycles. The minimum Gasteiger partial charge on any atom is -0.311 e.